The van der Waals surface area contributed by atoms with Crippen molar-refractivity contribution in [1.29, 1.82) is 0 Å². The molecule has 4 aromatic rings. The van der Waals surface area contributed by atoms with E-state index in [1.807, 2.05) is 0 Å². The number of nitrogens with zero attached hydrogens (tertiary/aromatic N) is 1. The fourth-order valence-electron chi connectivity index (χ4n) is 4.51. The number of alkyl halides is 3. The maximum Gasteiger partial charge on any atom is 0.452 e. The van der Waals surface area contributed by atoms with Gasteiger partial charge in [-0.15, -0.1) is 0 Å². The molecule has 0 saturated carbocycles. The van der Waals surface area contributed by atoms with Gasteiger partial charge in [0, 0.05) is 30.5 Å². The fourth-order valence-corrected chi connectivity index (χ4v) is 5.63. The molecule has 0 spiro atoms. The third kappa shape index (κ3) is 5.47. The van der Waals surface area contributed by atoms with Crippen molar-refractivity contribution in [2.45, 2.75) is 32.6 Å². The monoisotopic (exact) mass is 577 g/mol. The number of rotatable bonds is 9. The first-order chi connectivity index (χ1) is 18.8. The Kier molecular flexibility index (Phi) is 8.07. The Morgan fingerprint density at radius 3 is 2.25 bits per heavy atom. The quantitative estimate of drug-likeness (QED) is 0.282. The Hall–Kier alpha value is -3.73. The third-order valence-electron chi connectivity index (χ3n) is 6.57. The van der Waals surface area contributed by atoms with Gasteiger partial charge < -0.3 is 19.3 Å². The Morgan fingerprint density at radius 1 is 1.02 bits per heavy atom. The summed E-state index contributed by atoms with van der Waals surface area (Å²) in [5, 5.41) is 3.43. The zero-order chi connectivity index (χ0) is 29.4. The predicted molar refractivity (Wildman–Crippen MR) is 145 cm³/mol. The van der Waals surface area contributed by atoms with Crippen LogP contribution in [0, 0.1) is 5.92 Å². The molecule has 13 heteroatoms. The number of pyridine rings is 1. The van der Waals surface area contributed by atoms with Crippen molar-refractivity contribution in [3.8, 4) is 11.3 Å². The number of fused-ring (bicyclic) bond motifs is 3. The van der Waals surface area contributed by atoms with Crippen molar-refractivity contribution >= 4 is 46.4 Å². The number of hydrogen-bond acceptors (Lipinski definition) is 6. The summed E-state index contributed by atoms with van der Waals surface area (Å²) in [5.41, 5.74) is 0.909. The number of Topliss-reactive ketones (excluding diaryl/α,β-unsaturated/α-hetero) is 1. The zero-order valence-electron chi connectivity index (χ0n) is 22.0. The van der Waals surface area contributed by atoms with Crippen molar-refractivity contribution < 1.29 is 36.4 Å². The minimum Gasteiger partial charge on any atom is -0.350 e. The largest absolute Gasteiger partial charge is 0.452 e. The van der Waals surface area contributed by atoms with Gasteiger partial charge >= 0.3 is 13.8 Å². The number of benzene rings is 2. The Balaban J connectivity index is 1.87. The number of halogens is 3. The van der Waals surface area contributed by atoms with Crippen LogP contribution in [0.25, 0.3) is 33.1 Å². The minimum atomic E-state index is -5.13. The fraction of sp³-hybridized carbons (Fsp3) is 0.296. The van der Waals surface area contributed by atoms with Gasteiger partial charge in [-0.2, -0.15) is 13.2 Å². The topological polar surface area (TPSA) is 119 Å². The third-order valence-corrected chi connectivity index (χ3v) is 8.44. The van der Waals surface area contributed by atoms with Crippen LogP contribution in [0.15, 0.2) is 59.4 Å². The Morgan fingerprint density at radius 2 is 1.68 bits per heavy atom. The average molecular weight is 577 g/mol. The molecule has 40 heavy (non-hydrogen) atoms. The summed E-state index contributed by atoms with van der Waals surface area (Å²) in [4.78, 5) is 41.6. The molecule has 9 nitrogen and oxygen atoms in total. The van der Waals surface area contributed by atoms with Gasteiger partial charge in [0.25, 0.3) is 11.3 Å². The highest BCUT2D eigenvalue weighted by Gasteiger charge is 2.45. The number of aromatic nitrogens is 2. The van der Waals surface area contributed by atoms with E-state index in [9.17, 15) is 32.1 Å². The van der Waals surface area contributed by atoms with E-state index in [1.54, 1.807) is 54.6 Å². The van der Waals surface area contributed by atoms with Crippen LogP contribution in [0.5, 0.6) is 0 Å². The van der Waals surface area contributed by atoms with Crippen molar-refractivity contribution in [2.75, 3.05) is 14.2 Å². The van der Waals surface area contributed by atoms with E-state index in [4.69, 9.17) is 9.05 Å². The first-order valence-electron chi connectivity index (χ1n) is 12.2. The maximum absolute atomic E-state index is 13.7. The molecular weight excluding hydrogens is 550 g/mol. The van der Waals surface area contributed by atoms with Crippen molar-refractivity contribution in [2.24, 2.45) is 5.92 Å². The summed E-state index contributed by atoms with van der Waals surface area (Å²) in [5.74, 6) is -3.85. The molecule has 1 atom stereocenters. The van der Waals surface area contributed by atoms with E-state index in [1.165, 1.54) is 28.1 Å². The maximum atomic E-state index is 13.7. The number of nitrogens with one attached hydrogen (secondary N) is 2. The number of ketones is 1. The molecule has 2 aromatic carbocycles. The smallest absolute Gasteiger partial charge is 0.350 e. The van der Waals surface area contributed by atoms with Crippen LogP contribution in [0.1, 0.15) is 13.8 Å². The number of H-pyrrole nitrogens is 1. The van der Waals surface area contributed by atoms with Gasteiger partial charge in [-0.3, -0.25) is 23.5 Å². The van der Waals surface area contributed by atoms with E-state index < -0.39 is 49.5 Å². The summed E-state index contributed by atoms with van der Waals surface area (Å²) < 4.78 is 63.6. The molecule has 2 N–H and O–H groups in total. The molecule has 2 aromatic heterocycles. The molecule has 0 aliphatic heterocycles. The van der Waals surface area contributed by atoms with Crippen LogP contribution in [0.4, 0.5) is 13.2 Å². The summed E-state index contributed by atoms with van der Waals surface area (Å²) in [6.45, 7) is 2.12. The van der Waals surface area contributed by atoms with Gasteiger partial charge in [0.05, 0.1) is 17.0 Å². The molecular formula is C27H27F3N3O6P. The summed E-state index contributed by atoms with van der Waals surface area (Å²) in [6.07, 6.45) is -5.13. The minimum absolute atomic E-state index is 0.121. The Bertz CT molecular complexity index is 1690. The van der Waals surface area contributed by atoms with Crippen LogP contribution < -0.4 is 16.2 Å². The van der Waals surface area contributed by atoms with Crippen LogP contribution in [-0.4, -0.2) is 47.7 Å². The first-order valence-corrected chi connectivity index (χ1v) is 13.7. The zero-order valence-corrected chi connectivity index (χ0v) is 22.9. The predicted octanol–water partition coefficient (Wildman–Crippen LogP) is 4.53. The number of amides is 1. The number of carbonyl (C=O) groups is 2. The Labute approximate surface area is 226 Å². The van der Waals surface area contributed by atoms with Crippen molar-refractivity contribution in [1.82, 2.24) is 14.9 Å². The lowest BCUT2D eigenvalue weighted by Gasteiger charge is -2.23. The molecule has 0 radical (unpaired) electrons. The molecule has 1 unspecified atom stereocenters. The molecule has 0 bridgehead atoms. The lowest BCUT2D eigenvalue weighted by atomic mass is 9.99. The second kappa shape index (κ2) is 11.0. The second-order valence-electron chi connectivity index (χ2n) is 9.44. The van der Waals surface area contributed by atoms with Gasteiger partial charge in [-0.1, -0.05) is 44.2 Å². The molecule has 4 rings (SSSR count). The van der Waals surface area contributed by atoms with Crippen molar-refractivity contribution in [3.05, 3.63) is 65.0 Å². The van der Waals surface area contributed by atoms with Gasteiger partial charge in [0.2, 0.25) is 5.91 Å². The van der Waals surface area contributed by atoms with Gasteiger partial charge in [-0.25, -0.2) is 0 Å². The molecule has 1 amide bonds. The van der Waals surface area contributed by atoms with E-state index >= 15 is 0 Å². The van der Waals surface area contributed by atoms with Crippen LogP contribution in [-0.2, 0) is 29.7 Å². The standard InChI is InChI=1S/C27H27F3N3O6P/c1-15(2)23(25(35)27(28,29)30)32-22(34)14-33-21(16-8-6-5-7-9-16)13-19-18-12-17(40(37,38-3)39-4)10-11-20(18)31-24(19)26(33)36/h5-13,15,23,31H,14H2,1-4H3,(H,32,34). The number of carbonyl (C=O) groups excluding carboxylic acids is 2. The summed E-state index contributed by atoms with van der Waals surface area (Å²) in [7, 11) is -1.09. The highest BCUT2D eigenvalue weighted by atomic mass is 31.2. The number of hydrogen-bond donors (Lipinski definition) is 2. The lowest BCUT2D eigenvalue weighted by molar-refractivity contribution is -0.174. The van der Waals surface area contributed by atoms with Crippen LogP contribution in [0.2, 0.25) is 0 Å². The van der Waals surface area contributed by atoms with Crippen LogP contribution in [0.3, 0.4) is 0 Å². The second-order valence-corrected chi connectivity index (χ2v) is 11.7. The van der Waals surface area contributed by atoms with Gasteiger partial charge in [0.15, 0.2) is 0 Å². The molecule has 0 fully saturated rings. The molecule has 0 aliphatic carbocycles. The molecule has 2 heterocycles. The van der Waals surface area contributed by atoms with E-state index in [-0.39, 0.29) is 10.8 Å². The number of aromatic amines is 1. The van der Waals surface area contributed by atoms with E-state index in [0.29, 0.717) is 27.5 Å². The molecule has 212 valence electrons. The van der Waals surface area contributed by atoms with E-state index in [2.05, 4.69) is 10.3 Å². The average Bonchev–Trinajstić information content (AvgIpc) is 3.30. The summed E-state index contributed by atoms with van der Waals surface area (Å²) in [6, 6.07) is 13.2. The first kappa shape index (κ1) is 29.3. The van der Waals surface area contributed by atoms with Gasteiger partial charge in [-0.05, 0) is 35.7 Å². The molecule has 0 aliphatic rings. The normalized spacial score (nSPS) is 13.2. The van der Waals surface area contributed by atoms with Gasteiger partial charge in [0.1, 0.15) is 12.1 Å². The van der Waals surface area contributed by atoms with Crippen LogP contribution >= 0.6 is 7.60 Å². The lowest BCUT2D eigenvalue weighted by Crippen LogP contribution is -2.50. The SMILES string of the molecule is COP(=O)(OC)c1ccc2[nH]c3c(=O)n(CC(=O)NC(C(=O)C(F)(F)F)C(C)C)c(-c4ccccc4)cc3c2c1. The van der Waals surface area contributed by atoms with Crippen molar-refractivity contribution in [3.63, 3.8) is 0 Å². The highest BCUT2D eigenvalue weighted by Crippen LogP contribution is 2.45. The highest BCUT2D eigenvalue weighted by molar-refractivity contribution is 7.62. The summed E-state index contributed by atoms with van der Waals surface area (Å²) >= 11 is 0. The van der Waals surface area contributed by atoms with E-state index in [0.717, 1.165) is 4.57 Å². The molecule has 0 saturated heterocycles.